The number of carboxylic acids is 1. The van der Waals surface area contributed by atoms with Gasteiger partial charge in [0.15, 0.2) is 6.10 Å². The fourth-order valence-electron chi connectivity index (χ4n) is 7.62. The number of alkyl carbamates (subject to hydrolysis) is 1. The molecule has 7 rings (SSSR count). The van der Waals surface area contributed by atoms with Crippen LogP contribution in [0.5, 0.6) is 5.88 Å². The first-order valence-electron chi connectivity index (χ1n) is 17.9. The number of aromatic nitrogens is 2. The summed E-state index contributed by atoms with van der Waals surface area (Å²) in [5.41, 5.74) is 0.438. The van der Waals surface area contributed by atoms with E-state index in [0.717, 1.165) is 49.8 Å². The topological polar surface area (TPSA) is 180 Å². The number of aliphatic hydroxyl groups is 1. The summed E-state index contributed by atoms with van der Waals surface area (Å²) in [5.74, 6) is -2.62. The molecular formula is C37H43N5O8S. The maximum Gasteiger partial charge on any atom is 0.408 e. The second-order valence-corrected chi connectivity index (χ2v) is 14.9. The van der Waals surface area contributed by atoms with Gasteiger partial charge in [-0.05, 0) is 74.9 Å². The fraction of sp³-hybridized carbons (Fsp3) is 0.514. The Bertz CT molecular complexity index is 1800. The molecule has 2 aliphatic carbocycles. The number of thiophene rings is 1. The molecule has 2 aliphatic heterocycles. The van der Waals surface area contributed by atoms with Crippen LogP contribution in [0.25, 0.3) is 21.6 Å². The molecule has 0 bridgehead atoms. The van der Waals surface area contributed by atoms with E-state index in [1.807, 2.05) is 53.9 Å². The van der Waals surface area contributed by atoms with Crippen molar-refractivity contribution in [1.82, 2.24) is 25.5 Å². The van der Waals surface area contributed by atoms with Crippen LogP contribution in [-0.2, 0) is 19.1 Å². The number of rotatable bonds is 7. The molecule has 4 aliphatic rings. The molecule has 6 atom stereocenters. The Hall–Kier alpha value is -4.56. The first kappa shape index (κ1) is 34.9. The number of carboxylic acid groups (broad SMARTS) is 1. The minimum Gasteiger partial charge on any atom is -0.479 e. The molecule has 13 nitrogen and oxygen atoms in total. The number of carbonyl (C=O) groups is 4. The van der Waals surface area contributed by atoms with Crippen LogP contribution >= 0.6 is 11.3 Å². The monoisotopic (exact) mass is 717 g/mol. The molecule has 4 N–H and O–H groups in total. The number of allylic oxidation sites excluding steroid dienone is 1. The van der Waals surface area contributed by atoms with Gasteiger partial charge in [0, 0.05) is 12.3 Å². The lowest BCUT2D eigenvalue weighted by Crippen LogP contribution is -2.58. The average Bonchev–Trinajstić information content (AvgIpc) is 3.62. The molecule has 14 heteroatoms. The summed E-state index contributed by atoms with van der Waals surface area (Å²) in [6.45, 7) is 0.00295. The first-order chi connectivity index (χ1) is 24.7. The number of aliphatic carboxylic acids is 1. The molecule has 3 fully saturated rings. The van der Waals surface area contributed by atoms with Crippen molar-refractivity contribution < 1.29 is 38.9 Å². The van der Waals surface area contributed by atoms with Crippen molar-refractivity contribution in [2.24, 2.45) is 5.92 Å². The smallest absolute Gasteiger partial charge is 0.408 e. The van der Waals surface area contributed by atoms with Gasteiger partial charge in [0.1, 0.15) is 30.0 Å². The van der Waals surface area contributed by atoms with Gasteiger partial charge < -0.3 is 35.2 Å². The molecule has 2 saturated carbocycles. The highest BCUT2D eigenvalue weighted by Gasteiger charge is 2.62. The Morgan fingerprint density at radius 3 is 2.51 bits per heavy atom. The van der Waals surface area contributed by atoms with Gasteiger partial charge in [0.2, 0.25) is 17.7 Å². The minimum atomic E-state index is -1.84. The van der Waals surface area contributed by atoms with Crippen LogP contribution in [0.4, 0.5) is 4.79 Å². The number of para-hydroxylation sites is 2. The van der Waals surface area contributed by atoms with Crippen LogP contribution in [0, 0.1) is 5.92 Å². The Morgan fingerprint density at radius 2 is 1.76 bits per heavy atom. The van der Waals surface area contributed by atoms with E-state index in [4.69, 9.17) is 19.4 Å². The van der Waals surface area contributed by atoms with Crippen molar-refractivity contribution in [2.45, 2.75) is 107 Å². The standard InChI is InChI=1S/C37H43N5O8S/c43-31(35(46)47)37-20-22(37)11-4-2-1-3-5-16-27(40-36(48)50-23-12-6-7-13-23)34(45)42-21-24(19-28(42)32(44)41-37)49-33-30(29-17-10-18-51-29)38-25-14-8-9-15-26(25)39-33/h4,8-11,14-15,17-18,22-24,27-28,31,43H,1-3,5-7,12-13,16,19-21H2,(H,40,48)(H,41,44)(H,46,47)/t22-,24+,27-,28+,31?,37+/m1/s1. The molecule has 0 radical (unpaired) electrons. The second kappa shape index (κ2) is 15.0. The van der Waals surface area contributed by atoms with E-state index in [2.05, 4.69) is 10.6 Å². The third-order valence-electron chi connectivity index (χ3n) is 10.5. The summed E-state index contributed by atoms with van der Waals surface area (Å²) in [5, 5.41) is 28.2. The third kappa shape index (κ3) is 7.57. The molecule has 51 heavy (non-hydrogen) atoms. The summed E-state index contributed by atoms with van der Waals surface area (Å²) in [4.78, 5) is 65.6. The Balaban J connectivity index is 1.20. The van der Waals surface area contributed by atoms with E-state index in [9.17, 15) is 29.4 Å². The van der Waals surface area contributed by atoms with Crippen molar-refractivity contribution in [1.29, 1.82) is 0 Å². The molecular weight excluding hydrogens is 675 g/mol. The van der Waals surface area contributed by atoms with Gasteiger partial charge in [-0.2, -0.15) is 0 Å². The molecule has 270 valence electrons. The molecule has 1 unspecified atom stereocenters. The van der Waals surface area contributed by atoms with Crippen LogP contribution in [0.1, 0.15) is 70.6 Å². The molecule has 4 heterocycles. The average molecular weight is 718 g/mol. The first-order valence-corrected chi connectivity index (χ1v) is 18.7. The number of nitrogens with zero attached hydrogens (tertiary/aromatic N) is 3. The number of carbonyl (C=O) groups excluding carboxylic acids is 3. The van der Waals surface area contributed by atoms with Gasteiger partial charge in [-0.1, -0.05) is 43.2 Å². The SMILES string of the molecule is O=C(N[C@@H]1CCCCCC=C[C@@H]2C[C@]2(C(O)C(=O)O)NC(=O)[C@@H]2C[C@H](Oc3nc4ccccc4nc3-c3cccs3)CN2C1=O)OC1CCCC1. The van der Waals surface area contributed by atoms with Crippen molar-refractivity contribution in [3.63, 3.8) is 0 Å². The molecule has 1 aromatic carbocycles. The van der Waals surface area contributed by atoms with Crippen molar-refractivity contribution in [3.8, 4) is 16.5 Å². The molecule has 3 amide bonds. The van der Waals surface area contributed by atoms with Gasteiger partial charge in [0.05, 0.1) is 28.0 Å². The molecule has 3 aromatic rings. The van der Waals surface area contributed by atoms with E-state index < -0.39 is 53.7 Å². The highest BCUT2D eigenvalue weighted by Crippen LogP contribution is 2.48. The summed E-state index contributed by atoms with van der Waals surface area (Å²) in [6.07, 6.45) is 7.59. The van der Waals surface area contributed by atoms with Crippen LogP contribution in [0.15, 0.2) is 53.9 Å². The van der Waals surface area contributed by atoms with Crippen molar-refractivity contribution in [3.05, 3.63) is 53.9 Å². The predicted octanol–water partition coefficient (Wildman–Crippen LogP) is 4.58. The summed E-state index contributed by atoms with van der Waals surface area (Å²) in [6, 6.07) is 9.22. The lowest BCUT2D eigenvalue weighted by Gasteiger charge is -2.30. The Labute approximate surface area is 299 Å². The van der Waals surface area contributed by atoms with Gasteiger partial charge in [0.25, 0.3) is 0 Å². The lowest BCUT2D eigenvalue weighted by atomic mass is 10.0. The largest absolute Gasteiger partial charge is 0.479 e. The lowest BCUT2D eigenvalue weighted by molar-refractivity contribution is -0.150. The van der Waals surface area contributed by atoms with E-state index in [-0.39, 0.29) is 37.3 Å². The summed E-state index contributed by atoms with van der Waals surface area (Å²) in [7, 11) is 0. The third-order valence-corrected chi connectivity index (χ3v) is 11.3. The van der Waals surface area contributed by atoms with Crippen LogP contribution < -0.4 is 15.4 Å². The van der Waals surface area contributed by atoms with Crippen molar-refractivity contribution in [2.75, 3.05) is 6.54 Å². The van der Waals surface area contributed by atoms with E-state index >= 15 is 0 Å². The van der Waals surface area contributed by atoms with Crippen LogP contribution in [0.2, 0.25) is 0 Å². The zero-order valence-electron chi connectivity index (χ0n) is 28.2. The zero-order chi connectivity index (χ0) is 35.5. The van der Waals surface area contributed by atoms with Gasteiger partial charge >= 0.3 is 12.1 Å². The Morgan fingerprint density at radius 1 is 1.00 bits per heavy atom. The Kier molecular flexibility index (Phi) is 10.2. The van der Waals surface area contributed by atoms with Gasteiger partial charge in [-0.15, -0.1) is 11.3 Å². The maximum absolute atomic E-state index is 14.5. The molecule has 0 spiro atoms. The predicted molar refractivity (Wildman–Crippen MR) is 188 cm³/mol. The number of benzene rings is 1. The van der Waals surface area contributed by atoms with Crippen molar-refractivity contribution >= 4 is 46.2 Å². The number of hydrogen-bond acceptors (Lipinski definition) is 10. The maximum atomic E-state index is 14.5. The number of nitrogens with one attached hydrogen (secondary N) is 2. The zero-order valence-corrected chi connectivity index (χ0v) is 29.1. The van der Waals surface area contributed by atoms with Gasteiger partial charge in [-0.25, -0.2) is 19.6 Å². The quantitative estimate of drug-likeness (QED) is 0.253. The fourth-order valence-corrected chi connectivity index (χ4v) is 8.32. The second-order valence-electron chi connectivity index (χ2n) is 14.0. The number of ether oxygens (including phenoxy) is 2. The highest BCUT2D eigenvalue weighted by atomic mass is 32.1. The highest BCUT2D eigenvalue weighted by molar-refractivity contribution is 7.13. The summed E-state index contributed by atoms with van der Waals surface area (Å²) < 4.78 is 12.2. The van der Waals surface area contributed by atoms with E-state index in [1.54, 1.807) is 0 Å². The molecule has 1 saturated heterocycles. The minimum absolute atomic E-state index is 0.00295. The number of fused-ring (bicyclic) bond motifs is 3. The van der Waals surface area contributed by atoms with E-state index in [1.165, 1.54) is 16.2 Å². The number of aliphatic hydroxyl groups excluding tert-OH is 1. The number of hydrogen-bond donors (Lipinski definition) is 4. The number of amides is 3. The summed E-state index contributed by atoms with van der Waals surface area (Å²) >= 11 is 1.48. The molecule has 2 aromatic heterocycles. The van der Waals surface area contributed by atoms with Gasteiger partial charge in [-0.3, -0.25) is 9.59 Å². The van der Waals surface area contributed by atoms with Crippen LogP contribution in [-0.4, -0.2) is 91.4 Å². The normalized spacial score (nSPS) is 27.8. The van der Waals surface area contributed by atoms with E-state index in [0.29, 0.717) is 29.6 Å². The van der Waals surface area contributed by atoms with Crippen LogP contribution in [0.3, 0.4) is 0 Å².